The fourth-order valence-corrected chi connectivity index (χ4v) is 1.74. The number of amides is 1. The van der Waals surface area contributed by atoms with Crippen LogP contribution in [-0.2, 0) is 4.79 Å². The number of carbonyl (C=O) groups is 1. The molecule has 1 rings (SSSR count). The molecule has 0 radical (unpaired) electrons. The van der Waals surface area contributed by atoms with Gasteiger partial charge in [-0.25, -0.2) is 0 Å². The Bertz CT molecular complexity index is 405. The second-order valence-corrected chi connectivity index (χ2v) is 4.53. The van der Waals surface area contributed by atoms with Crippen LogP contribution in [0, 0.1) is 6.92 Å². The van der Waals surface area contributed by atoms with Crippen LogP contribution in [0.25, 0.3) is 0 Å². The van der Waals surface area contributed by atoms with E-state index in [0.717, 1.165) is 18.4 Å². The summed E-state index contributed by atoms with van der Waals surface area (Å²) in [4.78, 5) is 11.6. The lowest BCUT2D eigenvalue weighted by Gasteiger charge is -2.14. The molecule has 100 valence electrons. The van der Waals surface area contributed by atoms with E-state index in [4.69, 9.17) is 10.5 Å². The molecule has 1 aromatic rings. The average molecular weight is 250 g/mol. The Labute approximate surface area is 109 Å². The van der Waals surface area contributed by atoms with Gasteiger partial charge in [0, 0.05) is 6.04 Å². The second kappa shape index (κ2) is 6.89. The molecule has 0 spiro atoms. The first-order valence-corrected chi connectivity index (χ1v) is 6.31. The first-order chi connectivity index (χ1) is 8.54. The van der Waals surface area contributed by atoms with Crippen molar-refractivity contribution in [3.63, 3.8) is 0 Å². The van der Waals surface area contributed by atoms with E-state index in [1.54, 1.807) is 6.07 Å². The van der Waals surface area contributed by atoms with Crippen molar-refractivity contribution in [3.05, 3.63) is 23.8 Å². The van der Waals surface area contributed by atoms with E-state index in [1.165, 1.54) is 0 Å². The predicted molar refractivity (Wildman–Crippen MR) is 73.6 cm³/mol. The van der Waals surface area contributed by atoms with Gasteiger partial charge in [-0.1, -0.05) is 25.5 Å². The summed E-state index contributed by atoms with van der Waals surface area (Å²) in [6, 6.07) is 5.72. The molecular formula is C14H22N2O2. The predicted octanol–water partition coefficient (Wildman–Crippen LogP) is 2.26. The summed E-state index contributed by atoms with van der Waals surface area (Å²) in [5.74, 6) is 0.449. The molecule has 0 aromatic heterocycles. The Kier molecular flexibility index (Phi) is 5.49. The van der Waals surface area contributed by atoms with E-state index in [2.05, 4.69) is 12.2 Å². The van der Waals surface area contributed by atoms with Crippen LogP contribution in [-0.4, -0.2) is 18.6 Å². The van der Waals surface area contributed by atoms with Gasteiger partial charge < -0.3 is 15.8 Å². The summed E-state index contributed by atoms with van der Waals surface area (Å²) < 4.78 is 5.42. The number of nitrogens with two attached hydrogens (primary N) is 1. The lowest BCUT2D eigenvalue weighted by molar-refractivity contribution is -0.123. The molecule has 0 heterocycles. The summed E-state index contributed by atoms with van der Waals surface area (Å²) in [6.07, 6.45) is 2.02. The maximum Gasteiger partial charge on any atom is 0.258 e. The third kappa shape index (κ3) is 4.28. The van der Waals surface area contributed by atoms with Crippen LogP contribution in [0.2, 0.25) is 0 Å². The van der Waals surface area contributed by atoms with Crippen LogP contribution in [0.15, 0.2) is 18.2 Å². The number of nitrogens with one attached hydrogen (secondary N) is 1. The van der Waals surface area contributed by atoms with Gasteiger partial charge in [0.25, 0.3) is 5.91 Å². The number of para-hydroxylation sites is 1. The summed E-state index contributed by atoms with van der Waals surface area (Å²) >= 11 is 0. The SMILES string of the molecule is CCCC(C)NC(=O)COc1cccc(C)c1N. The molecule has 1 unspecified atom stereocenters. The van der Waals surface area contributed by atoms with Gasteiger partial charge in [0.15, 0.2) is 6.61 Å². The molecule has 1 aromatic carbocycles. The van der Waals surface area contributed by atoms with Crippen LogP contribution in [0.3, 0.4) is 0 Å². The number of rotatable bonds is 6. The zero-order valence-electron chi connectivity index (χ0n) is 11.3. The van der Waals surface area contributed by atoms with Crippen LogP contribution in [0.1, 0.15) is 32.3 Å². The molecule has 4 heteroatoms. The number of anilines is 1. The van der Waals surface area contributed by atoms with Gasteiger partial charge >= 0.3 is 0 Å². The minimum absolute atomic E-state index is 0.00169. The molecule has 18 heavy (non-hydrogen) atoms. The lowest BCUT2D eigenvalue weighted by atomic mass is 10.2. The Hall–Kier alpha value is -1.71. The molecule has 0 fully saturated rings. The average Bonchev–Trinajstić information content (AvgIpc) is 2.31. The minimum Gasteiger partial charge on any atom is -0.482 e. The van der Waals surface area contributed by atoms with Crippen LogP contribution in [0.4, 0.5) is 5.69 Å². The fourth-order valence-electron chi connectivity index (χ4n) is 1.74. The number of carbonyl (C=O) groups excluding carboxylic acids is 1. The van der Waals surface area contributed by atoms with E-state index in [0.29, 0.717) is 11.4 Å². The number of aryl methyl sites for hydroxylation is 1. The van der Waals surface area contributed by atoms with Gasteiger partial charge in [-0.2, -0.15) is 0 Å². The van der Waals surface area contributed by atoms with Crippen LogP contribution in [0.5, 0.6) is 5.75 Å². The molecule has 1 amide bonds. The number of nitrogen functional groups attached to an aromatic ring is 1. The second-order valence-electron chi connectivity index (χ2n) is 4.53. The number of hydrogen-bond acceptors (Lipinski definition) is 3. The monoisotopic (exact) mass is 250 g/mol. The van der Waals surface area contributed by atoms with Crippen molar-refractivity contribution in [2.45, 2.75) is 39.7 Å². The highest BCUT2D eigenvalue weighted by molar-refractivity contribution is 5.78. The lowest BCUT2D eigenvalue weighted by Crippen LogP contribution is -2.36. The summed E-state index contributed by atoms with van der Waals surface area (Å²) in [5.41, 5.74) is 7.40. The highest BCUT2D eigenvalue weighted by Crippen LogP contribution is 2.23. The summed E-state index contributed by atoms with van der Waals surface area (Å²) in [7, 11) is 0. The zero-order valence-corrected chi connectivity index (χ0v) is 11.3. The molecule has 3 N–H and O–H groups in total. The van der Waals surface area contributed by atoms with Crippen molar-refractivity contribution in [1.29, 1.82) is 0 Å². The van der Waals surface area contributed by atoms with Crippen LogP contribution < -0.4 is 15.8 Å². The molecule has 1 atom stereocenters. The zero-order chi connectivity index (χ0) is 13.5. The van der Waals surface area contributed by atoms with Gasteiger partial charge in [0.05, 0.1) is 5.69 Å². The summed E-state index contributed by atoms with van der Waals surface area (Å²) in [5, 5.41) is 2.88. The van der Waals surface area contributed by atoms with Crippen molar-refractivity contribution in [2.24, 2.45) is 0 Å². The highest BCUT2D eigenvalue weighted by Gasteiger charge is 2.09. The van der Waals surface area contributed by atoms with Crippen molar-refractivity contribution in [3.8, 4) is 5.75 Å². The molecule has 0 bridgehead atoms. The first kappa shape index (κ1) is 14.4. The Balaban J connectivity index is 2.45. The molecule has 0 aliphatic rings. The molecule has 0 aliphatic carbocycles. The largest absolute Gasteiger partial charge is 0.482 e. The smallest absolute Gasteiger partial charge is 0.258 e. The van der Waals surface area contributed by atoms with Gasteiger partial charge in [0.1, 0.15) is 5.75 Å². The van der Waals surface area contributed by atoms with Gasteiger partial charge in [-0.15, -0.1) is 0 Å². The van der Waals surface area contributed by atoms with E-state index < -0.39 is 0 Å². The van der Waals surface area contributed by atoms with E-state index in [-0.39, 0.29) is 18.6 Å². The van der Waals surface area contributed by atoms with Crippen molar-refractivity contribution in [2.75, 3.05) is 12.3 Å². The normalized spacial score (nSPS) is 11.9. The highest BCUT2D eigenvalue weighted by atomic mass is 16.5. The Morgan fingerprint density at radius 1 is 1.50 bits per heavy atom. The van der Waals surface area contributed by atoms with Crippen molar-refractivity contribution < 1.29 is 9.53 Å². The fraction of sp³-hybridized carbons (Fsp3) is 0.500. The third-order valence-electron chi connectivity index (χ3n) is 2.77. The van der Waals surface area contributed by atoms with Gasteiger partial charge in [-0.05, 0) is 31.9 Å². The quantitative estimate of drug-likeness (QED) is 0.761. The molecule has 0 saturated heterocycles. The number of benzene rings is 1. The Morgan fingerprint density at radius 2 is 2.22 bits per heavy atom. The molecule has 4 nitrogen and oxygen atoms in total. The maximum absolute atomic E-state index is 11.6. The molecular weight excluding hydrogens is 228 g/mol. The standard InChI is InChI=1S/C14H22N2O2/c1-4-6-11(3)16-13(17)9-18-12-8-5-7-10(2)14(12)15/h5,7-8,11H,4,6,9,15H2,1-3H3,(H,16,17). The summed E-state index contributed by atoms with van der Waals surface area (Å²) in [6.45, 7) is 5.99. The minimum atomic E-state index is -0.114. The van der Waals surface area contributed by atoms with E-state index in [1.807, 2.05) is 26.0 Å². The van der Waals surface area contributed by atoms with Gasteiger partial charge in [-0.3, -0.25) is 4.79 Å². The first-order valence-electron chi connectivity index (χ1n) is 6.31. The van der Waals surface area contributed by atoms with E-state index >= 15 is 0 Å². The van der Waals surface area contributed by atoms with Crippen molar-refractivity contribution >= 4 is 11.6 Å². The third-order valence-corrected chi connectivity index (χ3v) is 2.77. The van der Waals surface area contributed by atoms with Crippen molar-refractivity contribution in [1.82, 2.24) is 5.32 Å². The number of hydrogen-bond donors (Lipinski definition) is 2. The van der Waals surface area contributed by atoms with Gasteiger partial charge in [0.2, 0.25) is 0 Å². The Morgan fingerprint density at radius 3 is 2.89 bits per heavy atom. The maximum atomic E-state index is 11.6. The van der Waals surface area contributed by atoms with Crippen LogP contribution >= 0.6 is 0 Å². The molecule has 0 aliphatic heterocycles. The topological polar surface area (TPSA) is 64.3 Å². The molecule has 0 saturated carbocycles. The number of ether oxygens (including phenoxy) is 1. The van der Waals surface area contributed by atoms with E-state index in [9.17, 15) is 4.79 Å².